The molecule has 3 nitrogen and oxygen atoms in total. The topological polar surface area (TPSA) is 32.7 Å². The van der Waals surface area contributed by atoms with E-state index in [2.05, 4.69) is 29.3 Å². The van der Waals surface area contributed by atoms with Crippen LogP contribution in [0.2, 0.25) is 0 Å². The van der Waals surface area contributed by atoms with Crippen LogP contribution in [0, 0.1) is 0 Å². The van der Waals surface area contributed by atoms with Gasteiger partial charge in [0.25, 0.3) is 0 Å². The molecule has 1 aromatic carbocycles. The van der Waals surface area contributed by atoms with Crippen molar-refractivity contribution >= 4 is 17.0 Å². The summed E-state index contributed by atoms with van der Waals surface area (Å²) in [6.07, 6.45) is 0.514. The highest BCUT2D eigenvalue weighted by Gasteiger charge is 2.28. The van der Waals surface area contributed by atoms with Gasteiger partial charge in [-0.25, -0.2) is 0 Å². The van der Waals surface area contributed by atoms with Crippen molar-refractivity contribution in [2.45, 2.75) is 32.4 Å². The molecular weight excluding hydrogens is 282 g/mol. The van der Waals surface area contributed by atoms with Crippen LogP contribution in [-0.4, -0.2) is 18.8 Å². The van der Waals surface area contributed by atoms with Gasteiger partial charge in [0.1, 0.15) is 5.75 Å². The predicted octanol–water partition coefficient (Wildman–Crippen LogP) is 3.93. The Morgan fingerprint density at radius 2 is 2.19 bits per heavy atom. The molecule has 112 valence electrons. The van der Waals surface area contributed by atoms with Crippen LogP contribution >= 0.6 is 11.3 Å². The molecule has 1 aliphatic heterocycles. The summed E-state index contributed by atoms with van der Waals surface area (Å²) in [4.78, 5) is 3.86. The van der Waals surface area contributed by atoms with Crippen molar-refractivity contribution in [1.29, 1.82) is 0 Å². The molecule has 2 heterocycles. The SMILES string of the molecule is COc1cccc(N2CCc3sccc3C2C)c1[C@@H](C)O. The number of benzene rings is 1. The lowest BCUT2D eigenvalue weighted by Gasteiger charge is -2.37. The third kappa shape index (κ3) is 2.43. The lowest BCUT2D eigenvalue weighted by atomic mass is 9.98. The standard InChI is InChI=1S/C17H21NO2S/c1-11-13-8-10-21-16(13)7-9-18(11)14-5-4-6-15(20-3)17(14)12(2)19/h4-6,8,10-12,19H,7,9H2,1-3H3/t11?,12-/m1/s1. The smallest absolute Gasteiger partial charge is 0.126 e. The molecule has 21 heavy (non-hydrogen) atoms. The highest BCUT2D eigenvalue weighted by atomic mass is 32.1. The highest BCUT2D eigenvalue weighted by molar-refractivity contribution is 7.10. The molecule has 0 fully saturated rings. The van der Waals surface area contributed by atoms with Crippen molar-refractivity contribution in [3.63, 3.8) is 0 Å². The molecule has 1 aromatic heterocycles. The maximum atomic E-state index is 10.2. The molecule has 1 unspecified atom stereocenters. The predicted molar refractivity (Wildman–Crippen MR) is 87.4 cm³/mol. The van der Waals surface area contributed by atoms with Gasteiger partial charge in [-0.05, 0) is 49.4 Å². The molecule has 3 rings (SSSR count). The first-order chi connectivity index (χ1) is 10.1. The van der Waals surface area contributed by atoms with Gasteiger partial charge < -0.3 is 14.7 Å². The summed E-state index contributed by atoms with van der Waals surface area (Å²) in [6.45, 7) is 5.00. The van der Waals surface area contributed by atoms with Gasteiger partial charge in [0, 0.05) is 22.7 Å². The maximum Gasteiger partial charge on any atom is 0.126 e. The molecule has 0 saturated heterocycles. The van der Waals surface area contributed by atoms with Crippen LogP contribution in [0.25, 0.3) is 0 Å². The number of thiophene rings is 1. The second-order valence-electron chi connectivity index (χ2n) is 5.49. The third-order valence-electron chi connectivity index (χ3n) is 4.27. The number of aliphatic hydroxyl groups excluding tert-OH is 1. The summed E-state index contributed by atoms with van der Waals surface area (Å²) in [5, 5.41) is 12.4. The first-order valence-electron chi connectivity index (χ1n) is 7.31. The van der Waals surface area contributed by atoms with Crippen LogP contribution in [0.3, 0.4) is 0 Å². The zero-order chi connectivity index (χ0) is 15.0. The molecular formula is C17H21NO2S. The average Bonchev–Trinajstić information content (AvgIpc) is 2.96. The second-order valence-corrected chi connectivity index (χ2v) is 6.49. The number of methoxy groups -OCH3 is 1. The number of anilines is 1. The van der Waals surface area contributed by atoms with Crippen LogP contribution in [0.1, 0.15) is 42.0 Å². The molecule has 1 aliphatic rings. The monoisotopic (exact) mass is 303 g/mol. The van der Waals surface area contributed by atoms with Gasteiger partial charge in [0.05, 0.1) is 19.3 Å². The van der Waals surface area contributed by atoms with Crippen molar-refractivity contribution in [1.82, 2.24) is 0 Å². The lowest BCUT2D eigenvalue weighted by Crippen LogP contribution is -2.34. The van der Waals surface area contributed by atoms with Crippen LogP contribution in [0.15, 0.2) is 29.6 Å². The van der Waals surface area contributed by atoms with Crippen LogP contribution in [-0.2, 0) is 6.42 Å². The average molecular weight is 303 g/mol. The Morgan fingerprint density at radius 3 is 2.90 bits per heavy atom. The van der Waals surface area contributed by atoms with Gasteiger partial charge in [-0.2, -0.15) is 0 Å². The van der Waals surface area contributed by atoms with E-state index in [0.717, 1.165) is 30.0 Å². The first-order valence-corrected chi connectivity index (χ1v) is 8.19. The van der Waals surface area contributed by atoms with Crippen molar-refractivity contribution in [2.75, 3.05) is 18.6 Å². The summed E-state index contributed by atoms with van der Waals surface area (Å²) in [6, 6.07) is 8.54. The van der Waals surface area contributed by atoms with E-state index < -0.39 is 6.10 Å². The number of hydrogen-bond acceptors (Lipinski definition) is 4. The minimum atomic E-state index is -0.549. The number of ether oxygens (including phenoxy) is 1. The van der Waals surface area contributed by atoms with E-state index >= 15 is 0 Å². The Labute approximate surface area is 129 Å². The zero-order valence-corrected chi connectivity index (χ0v) is 13.5. The fourth-order valence-electron chi connectivity index (χ4n) is 3.22. The summed E-state index contributed by atoms with van der Waals surface area (Å²) in [5.41, 5.74) is 3.37. The minimum absolute atomic E-state index is 0.324. The van der Waals surface area contributed by atoms with Crippen molar-refractivity contribution in [2.24, 2.45) is 0 Å². The van der Waals surface area contributed by atoms with Gasteiger partial charge in [0.2, 0.25) is 0 Å². The number of nitrogens with zero attached hydrogens (tertiary/aromatic N) is 1. The molecule has 0 saturated carbocycles. The molecule has 2 aromatic rings. The molecule has 0 bridgehead atoms. The van der Waals surface area contributed by atoms with Crippen LogP contribution in [0.4, 0.5) is 5.69 Å². The zero-order valence-electron chi connectivity index (χ0n) is 12.7. The maximum absolute atomic E-state index is 10.2. The minimum Gasteiger partial charge on any atom is -0.496 e. The van der Waals surface area contributed by atoms with E-state index in [9.17, 15) is 5.11 Å². The fourth-order valence-corrected chi connectivity index (χ4v) is 4.18. The molecule has 1 N–H and O–H groups in total. The van der Waals surface area contributed by atoms with Crippen molar-refractivity contribution in [3.05, 3.63) is 45.6 Å². The van der Waals surface area contributed by atoms with E-state index in [0.29, 0.717) is 6.04 Å². The van der Waals surface area contributed by atoms with E-state index in [4.69, 9.17) is 4.74 Å². The summed E-state index contributed by atoms with van der Waals surface area (Å²) in [7, 11) is 1.65. The summed E-state index contributed by atoms with van der Waals surface area (Å²) in [5.74, 6) is 0.755. The molecule has 4 heteroatoms. The summed E-state index contributed by atoms with van der Waals surface area (Å²) < 4.78 is 5.44. The Hall–Kier alpha value is -1.52. The van der Waals surface area contributed by atoms with E-state index in [-0.39, 0.29) is 0 Å². The van der Waals surface area contributed by atoms with Crippen molar-refractivity contribution in [3.8, 4) is 5.75 Å². The quantitative estimate of drug-likeness (QED) is 0.932. The Morgan fingerprint density at radius 1 is 1.38 bits per heavy atom. The summed E-state index contributed by atoms with van der Waals surface area (Å²) >= 11 is 1.84. The highest BCUT2D eigenvalue weighted by Crippen LogP contribution is 2.41. The molecule has 0 radical (unpaired) electrons. The van der Waals surface area contributed by atoms with Gasteiger partial charge in [0.15, 0.2) is 0 Å². The largest absolute Gasteiger partial charge is 0.496 e. The van der Waals surface area contributed by atoms with Gasteiger partial charge in [-0.1, -0.05) is 6.07 Å². The molecule has 0 amide bonds. The number of fused-ring (bicyclic) bond motifs is 1. The number of aliphatic hydroxyl groups is 1. The lowest BCUT2D eigenvalue weighted by molar-refractivity contribution is 0.194. The number of rotatable bonds is 3. The Kier molecular flexibility index (Phi) is 3.91. The Balaban J connectivity index is 2.05. The van der Waals surface area contributed by atoms with Gasteiger partial charge in [-0.3, -0.25) is 0 Å². The molecule has 0 aliphatic carbocycles. The molecule has 2 atom stereocenters. The molecule has 0 spiro atoms. The van der Waals surface area contributed by atoms with E-state index in [1.807, 2.05) is 23.5 Å². The fraction of sp³-hybridized carbons (Fsp3) is 0.412. The Bertz CT molecular complexity index is 635. The van der Waals surface area contributed by atoms with Gasteiger partial charge in [-0.15, -0.1) is 11.3 Å². The first kappa shape index (κ1) is 14.4. The third-order valence-corrected chi connectivity index (χ3v) is 5.26. The van der Waals surface area contributed by atoms with E-state index in [1.54, 1.807) is 14.0 Å². The number of hydrogen-bond donors (Lipinski definition) is 1. The van der Waals surface area contributed by atoms with E-state index in [1.165, 1.54) is 10.4 Å². The van der Waals surface area contributed by atoms with Gasteiger partial charge >= 0.3 is 0 Å². The van der Waals surface area contributed by atoms with Crippen LogP contribution in [0.5, 0.6) is 5.75 Å². The van der Waals surface area contributed by atoms with Crippen LogP contribution < -0.4 is 9.64 Å². The normalized spacial score (nSPS) is 19.2. The van der Waals surface area contributed by atoms with Crippen molar-refractivity contribution < 1.29 is 9.84 Å². The second kappa shape index (κ2) is 5.70.